The molecule has 1 aromatic carbocycles. The number of carbonyl (C=O) groups excluding carboxylic acids is 1. The Morgan fingerprint density at radius 3 is 2.81 bits per heavy atom. The van der Waals surface area contributed by atoms with E-state index < -0.39 is 11.8 Å². The van der Waals surface area contributed by atoms with E-state index in [2.05, 4.69) is 5.32 Å². The number of nitrogens with one attached hydrogen (secondary N) is 1. The lowest BCUT2D eigenvalue weighted by atomic mass is 10.2. The van der Waals surface area contributed by atoms with Gasteiger partial charge in [-0.15, -0.1) is 11.3 Å². The van der Waals surface area contributed by atoms with E-state index in [1.54, 1.807) is 0 Å². The zero-order chi connectivity index (χ0) is 15.2. The fraction of sp³-hybridized carbons (Fsp3) is 0.143. The van der Waals surface area contributed by atoms with Crippen LogP contribution in [0.4, 0.5) is 4.39 Å². The molecule has 0 saturated heterocycles. The van der Waals surface area contributed by atoms with Gasteiger partial charge < -0.3 is 15.2 Å². The Hall–Kier alpha value is -2.41. The van der Waals surface area contributed by atoms with Gasteiger partial charge in [0.05, 0.1) is 6.54 Å². The van der Waals surface area contributed by atoms with Gasteiger partial charge in [-0.3, -0.25) is 4.79 Å². The summed E-state index contributed by atoms with van der Waals surface area (Å²) in [4.78, 5) is 23.6. The molecular formula is C14H12FNO4S. The smallest absolute Gasteiger partial charge is 0.339 e. The topological polar surface area (TPSA) is 75.6 Å². The maximum Gasteiger partial charge on any atom is 0.339 e. The number of aromatic carboxylic acids is 1. The maximum absolute atomic E-state index is 13.0. The normalized spacial score (nSPS) is 10.1. The van der Waals surface area contributed by atoms with Crippen LogP contribution >= 0.6 is 11.3 Å². The Morgan fingerprint density at radius 1 is 1.33 bits per heavy atom. The largest absolute Gasteiger partial charge is 0.483 e. The molecule has 0 aliphatic heterocycles. The van der Waals surface area contributed by atoms with Crippen LogP contribution in [-0.4, -0.2) is 23.6 Å². The first-order chi connectivity index (χ1) is 10.1. The first kappa shape index (κ1) is 15.0. The van der Waals surface area contributed by atoms with Crippen LogP contribution in [0.1, 0.15) is 15.2 Å². The van der Waals surface area contributed by atoms with Gasteiger partial charge in [0.2, 0.25) is 0 Å². The highest BCUT2D eigenvalue weighted by atomic mass is 32.1. The SMILES string of the molecule is O=C(COc1ccc(F)cc1C(=O)O)NCc1cccs1. The molecule has 110 valence electrons. The van der Waals surface area contributed by atoms with E-state index in [4.69, 9.17) is 9.84 Å². The second-order valence-corrected chi connectivity index (χ2v) is 5.12. The highest BCUT2D eigenvalue weighted by molar-refractivity contribution is 7.09. The van der Waals surface area contributed by atoms with Crippen LogP contribution in [0, 0.1) is 5.82 Å². The molecule has 0 atom stereocenters. The Kier molecular flexibility index (Phi) is 4.89. The third kappa shape index (κ3) is 4.28. The summed E-state index contributed by atoms with van der Waals surface area (Å²) in [6.07, 6.45) is 0. The van der Waals surface area contributed by atoms with Crippen molar-refractivity contribution in [3.63, 3.8) is 0 Å². The number of carboxylic acid groups (broad SMARTS) is 1. The molecule has 2 N–H and O–H groups in total. The number of carbonyl (C=O) groups is 2. The fourth-order valence-electron chi connectivity index (χ4n) is 1.59. The van der Waals surface area contributed by atoms with Gasteiger partial charge in [0.15, 0.2) is 6.61 Å². The molecule has 0 aliphatic carbocycles. The van der Waals surface area contributed by atoms with Gasteiger partial charge in [-0.1, -0.05) is 6.07 Å². The zero-order valence-electron chi connectivity index (χ0n) is 10.8. The Labute approximate surface area is 124 Å². The van der Waals surface area contributed by atoms with Gasteiger partial charge >= 0.3 is 5.97 Å². The van der Waals surface area contributed by atoms with Crippen molar-refractivity contribution in [1.82, 2.24) is 5.32 Å². The van der Waals surface area contributed by atoms with E-state index in [1.165, 1.54) is 17.4 Å². The minimum absolute atomic E-state index is 0.0461. The molecule has 0 saturated carbocycles. The third-order valence-electron chi connectivity index (χ3n) is 2.57. The number of halogens is 1. The van der Waals surface area contributed by atoms with E-state index >= 15 is 0 Å². The van der Waals surface area contributed by atoms with Crippen LogP contribution in [0.5, 0.6) is 5.75 Å². The molecule has 0 bridgehead atoms. The number of amides is 1. The van der Waals surface area contributed by atoms with Gasteiger partial charge in [0.1, 0.15) is 17.1 Å². The predicted octanol–water partition coefficient (Wildman–Crippen LogP) is 2.28. The van der Waals surface area contributed by atoms with E-state index in [-0.39, 0.29) is 23.8 Å². The summed E-state index contributed by atoms with van der Waals surface area (Å²) in [5.74, 6) is -2.43. The first-order valence-corrected chi connectivity index (χ1v) is 6.89. The number of rotatable bonds is 6. The Morgan fingerprint density at radius 2 is 2.14 bits per heavy atom. The number of thiophene rings is 1. The van der Waals surface area contributed by atoms with Crippen molar-refractivity contribution in [3.05, 3.63) is 52.0 Å². The molecular weight excluding hydrogens is 297 g/mol. The van der Waals surface area contributed by atoms with Crippen molar-refractivity contribution in [1.29, 1.82) is 0 Å². The lowest BCUT2D eigenvalue weighted by Crippen LogP contribution is -2.28. The summed E-state index contributed by atoms with van der Waals surface area (Å²) in [5.41, 5.74) is -0.318. The van der Waals surface area contributed by atoms with Gasteiger partial charge in [-0.25, -0.2) is 9.18 Å². The molecule has 1 heterocycles. The van der Waals surface area contributed by atoms with Crippen molar-refractivity contribution < 1.29 is 23.8 Å². The van der Waals surface area contributed by atoms with Crippen LogP contribution in [-0.2, 0) is 11.3 Å². The summed E-state index contributed by atoms with van der Waals surface area (Å²) < 4.78 is 18.1. The van der Waals surface area contributed by atoms with Crippen LogP contribution in [0.15, 0.2) is 35.7 Å². The average molecular weight is 309 g/mol. The number of benzene rings is 1. The monoisotopic (exact) mass is 309 g/mol. The fourth-order valence-corrected chi connectivity index (χ4v) is 2.23. The van der Waals surface area contributed by atoms with Gasteiger partial charge in [-0.05, 0) is 29.6 Å². The van der Waals surface area contributed by atoms with Gasteiger partial charge in [0, 0.05) is 4.88 Å². The van der Waals surface area contributed by atoms with Gasteiger partial charge in [0.25, 0.3) is 5.91 Å². The molecule has 21 heavy (non-hydrogen) atoms. The standard InChI is InChI=1S/C14H12FNO4S/c15-9-3-4-12(11(6-9)14(18)19)20-8-13(17)16-7-10-2-1-5-21-10/h1-6H,7-8H2,(H,16,17)(H,18,19). The summed E-state index contributed by atoms with van der Waals surface area (Å²) in [6.45, 7) is 0.0480. The first-order valence-electron chi connectivity index (χ1n) is 6.01. The number of ether oxygens (including phenoxy) is 1. The molecule has 1 amide bonds. The van der Waals surface area contributed by atoms with Crippen LogP contribution in [0.25, 0.3) is 0 Å². The molecule has 1 aromatic heterocycles. The van der Waals surface area contributed by atoms with Crippen molar-refractivity contribution in [2.45, 2.75) is 6.54 Å². The molecule has 0 fully saturated rings. The molecule has 0 spiro atoms. The number of hydrogen-bond donors (Lipinski definition) is 2. The molecule has 7 heteroatoms. The quantitative estimate of drug-likeness (QED) is 0.858. The lowest BCUT2D eigenvalue weighted by molar-refractivity contribution is -0.123. The highest BCUT2D eigenvalue weighted by Crippen LogP contribution is 2.19. The van der Waals surface area contributed by atoms with E-state index in [9.17, 15) is 14.0 Å². The lowest BCUT2D eigenvalue weighted by Gasteiger charge is -2.09. The summed E-state index contributed by atoms with van der Waals surface area (Å²) in [6, 6.07) is 6.87. The second-order valence-electron chi connectivity index (χ2n) is 4.09. The predicted molar refractivity (Wildman–Crippen MR) is 75.0 cm³/mol. The Bertz CT molecular complexity index is 642. The van der Waals surface area contributed by atoms with E-state index in [1.807, 2.05) is 17.5 Å². The van der Waals surface area contributed by atoms with Crippen molar-refractivity contribution in [2.24, 2.45) is 0 Å². The zero-order valence-corrected chi connectivity index (χ0v) is 11.7. The van der Waals surface area contributed by atoms with Crippen molar-refractivity contribution >= 4 is 23.2 Å². The van der Waals surface area contributed by atoms with E-state index in [0.717, 1.165) is 17.0 Å². The molecule has 5 nitrogen and oxygen atoms in total. The van der Waals surface area contributed by atoms with Crippen LogP contribution in [0.3, 0.4) is 0 Å². The summed E-state index contributed by atoms with van der Waals surface area (Å²) in [5, 5.41) is 13.5. The minimum atomic E-state index is -1.32. The van der Waals surface area contributed by atoms with Crippen molar-refractivity contribution in [2.75, 3.05) is 6.61 Å². The Balaban J connectivity index is 1.90. The maximum atomic E-state index is 13.0. The molecule has 0 unspecified atom stereocenters. The molecule has 0 radical (unpaired) electrons. The van der Waals surface area contributed by atoms with Crippen LogP contribution in [0.2, 0.25) is 0 Å². The van der Waals surface area contributed by atoms with Crippen molar-refractivity contribution in [3.8, 4) is 5.75 Å². The number of hydrogen-bond acceptors (Lipinski definition) is 4. The third-order valence-corrected chi connectivity index (χ3v) is 3.45. The van der Waals surface area contributed by atoms with Crippen LogP contribution < -0.4 is 10.1 Å². The second kappa shape index (κ2) is 6.85. The molecule has 0 aliphatic rings. The highest BCUT2D eigenvalue weighted by Gasteiger charge is 2.13. The summed E-state index contributed by atoms with van der Waals surface area (Å²) >= 11 is 1.51. The number of carboxylic acids is 1. The summed E-state index contributed by atoms with van der Waals surface area (Å²) in [7, 11) is 0. The average Bonchev–Trinajstić information content (AvgIpc) is 2.97. The van der Waals surface area contributed by atoms with E-state index in [0.29, 0.717) is 6.54 Å². The minimum Gasteiger partial charge on any atom is -0.483 e. The molecule has 2 rings (SSSR count). The molecule has 2 aromatic rings. The van der Waals surface area contributed by atoms with Gasteiger partial charge in [-0.2, -0.15) is 0 Å².